The molecule has 1 aromatic carbocycles. The zero-order chi connectivity index (χ0) is 21.8. The standard InChI is InChI=1S/C20H24F3N5O2S/c1-13-17(30-12-24-13)18-25-19(27-26-18)31-10-2-7-28-8-9-29-16(11-28)14-3-5-15(6-4-14)20(21,22)23/h3-6,12,16,19,27H,2,7-11H2,1H3,(H,25,26). The molecule has 2 N–H and O–H groups in total. The van der Waals surface area contributed by atoms with Crippen LogP contribution in [0.4, 0.5) is 13.2 Å². The molecule has 2 aromatic rings. The second-order valence-electron chi connectivity index (χ2n) is 7.38. The summed E-state index contributed by atoms with van der Waals surface area (Å²) < 4.78 is 49.4. The Balaban J connectivity index is 1.18. The number of nitrogens with zero attached hydrogens (tertiary/aromatic N) is 3. The first-order valence-electron chi connectivity index (χ1n) is 10.0. The predicted octanol–water partition coefficient (Wildman–Crippen LogP) is 3.34. The van der Waals surface area contributed by atoms with Gasteiger partial charge in [-0.2, -0.15) is 18.3 Å². The van der Waals surface area contributed by atoms with Crippen molar-refractivity contribution in [3.8, 4) is 0 Å². The van der Waals surface area contributed by atoms with E-state index in [-0.39, 0.29) is 11.6 Å². The normalized spacial score (nSPS) is 22.1. The van der Waals surface area contributed by atoms with Crippen LogP contribution in [0.15, 0.2) is 40.2 Å². The molecule has 2 aliphatic heterocycles. The molecule has 7 nitrogen and oxygen atoms in total. The zero-order valence-corrected chi connectivity index (χ0v) is 17.8. The minimum absolute atomic E-state index is 0.0240. The van der Waals surface area contributed by atoms with Crippen LogP contribution in [0, 0.1) is 6.92 Å². The van der Waals surface area contributed by atoms with Crippen LogP contribution >= 0.6 is 11.8 Å². The van der Waals surface area contributed by atoms with Gasteiger partial charge >= 0.3 is 6.18 Å². The van der Waals surface area contributed by atoms with E-state index in [4.69, 9.17) is 9.15 Å². The number of ether oxygens (including phenoxy) is 1. The average Bonchev–Trinajstić information content (AvgIpc) is 3.39. The van der Waals surface area contributed by atoms with Gasteiger partial charge in [-0.1, -0.05) is 12.1 Å². The summed E-state index contributed by atoms with van der Waals surface area (Å²) in [5.41, 5.74) is 3.94. The molecule has 3 heterocycles. The van der Waals surface area contributed by atoms with E-state index in [0.717, 1.165) is 48.7 Å². The number of oxazole rings is 1. The van der Waals surface area contributed by atoms with Crippen molar-refractivity contribution in [1.29, 1.82) is 0 Å². The third-order valence-electron chi connectivity index (χ3n) is 5.19. The Bertz CT molecular complexity index is 903. The van der Waals surface area contributed by atoms with Crippen LogP contribution < -0.4 is 10.7 Å². The van der Waals surface area contributed by atoms with Crippen molar-refractivity contribution in [3.63, 3.8) is 0 Å². The summed E-state index contributed by atoms with van der Waals surface area (Å²) in [5.74, 6) is 2.21. The molecular formula is C20H24F3N5O2S. The maximum absolute atomic E-state index is 12.8. The van der Waals surface area contributed by atoms with Crippen LogP contribution in [0.2, 0.25) is 0 Å². The van der Waals surface area contributed by atoms with E-state index < -0.39 is 11.7 Å². The maximum Gasteiger partial charge on any atom is 0.416 e. The number of alkyl halides is 3. The smallest absolute Gasteiger partial charge is 0.416 e. The number of aryl methyl sites for hydroxylation is 1. The molecule has 11 heteroatoms. The van der Waals surface area contributed by atoms with Gasteiger partial charge in [0.05, 0.1) is 24.0 Å². The monoisotopic (exact) mass is 455 g/mol. The first-order valence-corrected chi connectivity index (χ1v) is 11.1. The fraction of sp³-hybridized carbons (Fsp3) is 0.500. The van der Waals surface area contributed by atoms with Gasteiger partial charge in [-0.05, 0) is 43.3 Å². The summed E-state index contributed by atoms with van der Waals surface area (Å²) in [6.07, 6.45) is -2.16. The third-order valence-corrected chi connectivity index (χ3v) is 6.27. The van der Waals surface area contributed by atoms with Gasteiger partial charge in [-0.3, -0.25) is 10.3 Å². The highest BCUT2D eigenvalue weighted by Crippen LogP contribution is 2.31. The number of thioether (sulfide) groups is 1. The first-order chi connectivity index (χ1) is 14.9. The summed E-state index contributed by atoms with van der Waals surface area (Å²) >= 11 is 1.72. The largest absolute Gasteiger partial charge is 0.440 e. The highest BCUT2D eigenvalue weighted by molar-refractivity contribution is 7.99. The van der Waals surface area contributed by atoms with Crippen molar-refractivity contribution in [3.05, 3.63) is 53.2 Å². The molecule has 0 saturated carbocycles. The molecule has 1 fully saturated rings. The van der Waals surface area contributed by atoms with E-state index in [2.05, 4.69) is 25.7 Å². The Kier molecular flexibility index (Phi) is 6.73. The Morgan fingerprint density at radius 3 is 2.77 bits per heavy atom. The quantitative estimate of drug-likeness (QED) is 0.621. The zero-order valence-electron chi connectivity index (χ0n) is 17.0. The summed E-state index contributed by atoms with van der Waals surface area (Å²) in [5, 5.41) is 7.53. The van der Waals surface area contributed by atoms with Crippen LogP contribution in [-0.4, -0.2) is 53.2 Å². The van der Waals surface area contributed by atoms with Crippen LogP contribution in [0.1, 0.15) is 35.1 Å². The SMILES string of the molecule is Cc1ncoc1C1=NNC(SCCCN2CCOC(c3ccc(C(F)(F)F)cc3)C2)N1. The molecule has 2 aliphatic rings. The van der Waals surface area contributed by atoms with Crippen molar-refractivity contribution in [2.45, 2.75) is 31.1 Å². The number of amidine groups is 1. The molecule has 31 heavy (non-hydrogen) atoms. The van der Waals surface area contributed by atoms with E-state index in [0.29, 0.717) is 24.7 Å². The lowest BCUT2D eigenvalue weighted by Gasteiger charge is -2.33. The molecule has 0 spiro atoms. The highest BCUT2D eigenvalue weighted by Gasteiger charge is 2.31. The number of halogens is 3. The number of aromatic nitrogens is 1. The van der Waals surface area contributed by atoms with Crippen molar-refractivity contribution in [2.75, 3.05) is 32.0 Å². The van der Waals surface area contributed by atoms with Gasteiger partial charge in [-0.25, -0.2) is 4.98 Å². The van der Waals surface area contributed by atoms with E-state index in [1.807, 2.05) is 6.92 Å². The van der Waals surface area contributed by atoms with E-state index >= 15 is 0 Å². The first kappa shape index (κ1) is 22.0. The molecule has 2 atom stereocenters. The lowest BCUT2D eigenvalue weighted by atomic mass is 10.1. The number of nitrogens with one attached hydrogen (secondary N) is 2. The molecule has 0 aliphatic carbocycles. The van der Waals surface area contributed by atoms with E-state index in [9.17, 15) is 13.2 Å². The van der Waals surface area contributed by atoms with Crippen molar-refractivity contribution in [1.82, 2.24) is 20.6 Å². The third kappa shape index (κ3) is 5.52. The molecule has 0 amide bonds. The van der Waals surface area contributed by atoms with Gasteiger partial charge in [-0.15, -0.1) is 11.8 Å². The number of morpholine rings is 1. The Morgan fingerprint density at radius 1 is 1.26 bits per heavy atom. The number of hydrazone groups is 1. The predicted molar refractivity (Wildman–Crippen MR) is 111 cm³/mol. The molecular weight excluding hydrogens is 431 g/mol. The average molecular weight is 456 g/mol. The van der Waals surface area contributed by atoms with Crippen LogP contribution in [0.3, 0.4) is 0 Å². The number of hydrogen-bond donors (Lipinski definition) is 2. The number of hydrogen-bond acceptors (Lipinski definition) is 8. The van der Waals surface area contributed by atoms with Gasteiger partial charge in [0, 0.05) is 13.1 Å². The number of benzene rings is 1. The summed E-state index contributed by atoms with van der Waals surface area (Å²) in [7, 11) is 0. The van der Waals surface area contributed by atoms with E-state index in [1.54, 1.807) is 11.8 Å². The second-order valence-corrected chi connectivity index (χ2v) is 8.60. The lowest BCUT2D eigenvalue weighted by molar-refractivity contribution is -0.137. The van der Waals surface area contributed by atoms with Crippen molar-refractivity contribution < 1.29 is 22.3 Å². The minimum Gasteiger partial charge on any atom is -0.440 e. The Morgan fingerprint density at radius 2 is 2.06 bits per heavy atom. The molecule has 2 unspecified atom stereocenters. The van der Waals surface area contributed by atoms with Gasteiger partial charge in [0.15, 0.2) is 23.5 Å². The fourth-order valence-electron chi connectivity index (χ4n) is 3.52. The van der Waals surface area contributed by atoms with Crippen LogP contribution in [0.25, 0.3) is 0 Å². The summed E-state index contributed by atoms with van der Waals surface area (Å²) in [4.78, 5) is 6.36. The van der Waals surface area contributed by atoms with E-state index in [1.165, 1.54) is 18.5 Å². The van der Waals surface area contributed by atoms with Gasteiger partial charge in [0.2, 0.25) is 0 Å². The molecule has 0 bridgehead atoms. The fourth-order valence-corrected chi connectivity index (χ4v) is 4.37. The minimum atomic E-state index is -4.32. The molecule has 1 saturated heterocycles. The summed E-state index contributed by atoms with van der Waals surface area (Å²) in [6, 6.07) is 5.26. The van der Waals surface area contributed by atoms with Crippen molar-refractivity contribution in [2.24, 2.45) is 5.10 Å². The van der Waals surface area contributed by atoms with Gasteiger partial charge in [0.1, 0.15) is 0 Å². The Labute approximate surface area is 182 Å². The molecule has 0 radical (unpaired) electrons. The maximum atomic E-state index is 12.8. The summed E-state index contributed by atoms with van der Waals surface area (Å²) in [6.45, 7) is 4.82. The molecule has 4 rings (SSSR count). The van der Waals surface area contributed by atoms with Gasteiger partial charge in [0.25, 0.3) is 0 Å². The van der Waals surface area contributed by atoms with Crippen LogP contribution in [0.5, 0.6) is 0 Å². The topological polar surface area (TPSA) is 74.9 Å². The van der Waals surface area contributed by atoms with Gasteiger partial charge < -0.3 is 14.5 Å². The van der Waals surface area contributed by atoms with Crippen LogP contribution in [-0.2, 0) is 10.9 Å². The second kappa shape index (κ2) is 9.49. The lowest BCUT2D eigenvalue weighted by Crippen LogP contribution is -2.39. The Hall–Kier alpha value is -2.24. The van der Waals surface area contributed by atoms with Crippen molar-refractivity contribution >= 4 is 17.6 Å². The molecule has 1 aromatic heterocycles. The highest BCUT2D eigenvalue weighted by atomic mass is 32.2. The molecule has 168 valence electrons. The number of rotatable bonds is 7.